The molecule has 0 bridgehead atoms. The minimum Gasteiger partial charge on any atom is -0.480 e. The van der Waals surface area contributed by atoms with Crippen LogP contribution in [0.1, 0.15) is 39.5 Å². The number of carbonyl (C=O) groups excluding carboxylic acids is 1. The van der Waals surface area contributed by atoms with E-state index in [1.165, 1.54) is 19.3 Å². The summed E-state index contributed by atoms with van der Waals surface area (Å²) in [5.41, 5.74) is 0. The van der Waals surface area contributed by atoms with Gasteiger partial charge in [0.05, 0.1) is 0 Å². The summed E-state index contributed by atoms with van der Waals surface area (Å²) < 4.78 is 0. The van der Waals surface area contributed by atoms with E-state index in [2.05, 4.69) is 15.5 Å². The van der Waals surface area contributed by atoms with Gasteiger partial charge in [0.1, 0.15) is 6.04 Å². The number of rotatable bonds is 6. The number of carboxylic acid groups (broad SMARTS) is 1. The Morgan fingerprint density at radius 2 is 1.84 bits per heavy atom. The molecule has 0 aliphatic carbocycles. The first kappa shape index (κ1) is 15.8. The first-order valence-electron chi connectivity index (χ1n) is 7.05. The van der Waals surface area contributed by atoms with Crippen LogP contribution >= 0.6 is 0 Å². The second-order valence-corrected chi connectivity index (χ2v) is 5.18. The van der Waals surface area contributed by atoms with Crippen LogP contribution in [-0.2, 0) is 4.79 Å². The number of piperidine rings is 1. The van der Waals surface area contributed by atoms with E-state index in [-0.39, 0.29) is 6.04 Å². The maximum atomic E-state index is 11.7. The van der Waals surface area contributed by atoms with Gasteiger partial charge in [-0.15, -0.1) is 0 Å². The quantitative estimate of drug-likeness (QED) is 0.674. The molecule has 0 aromatic carbocycles. The van der Waals surface area contributed by atoms with Gasteiger partial charge in [-0.2, -0.15) is 0 Å². The number of aliphatic carboxylic acids is 1. The molecule has 3 N–H and O–H groups in total. The van der Waals surface area contributed by atoms with Crippen LogP contribution in [0.2, 0.25) is 0 Å². The molecule has 6 heteroatoms. The Morgan fingerprint density at radius 3 is 2.37 bits per heavy atom. The highest BCUT2D eigenvalue weighted by atomic mass is 16.4. The number of likely N-dealkylation sites (tertiary alicyclic amines) is 1. The average molecular weight is 271 g/mol. The van der Waals surface area contributed by atoms with E-state index >= 15 is 0 Å². The molecule has 1 aliphatic heterocycles. The Labute approximate surface area is 114 Å². The van der Waals surface area contributed by atoms with Gasteiger partial charge in [-0.25, -0.2) is 9.59 Å². The van der Waals surface area contributed by atoms with Crippen molar-refractivity contribution in [1.29, 1.82) is 0 Å². The van der Waals surface area contributed by atoms with Gasteiger partial charge in [0.2, 0.25) is 0 Å². The van der Waals surface area contributed by atoms with Gasteiger partial charge in [0.25, 0.3) is 0 Å². The van der Waals surface area contributed by atoms with Gasteiger partial charge in [-0.1, -0.05) is 13.3 Å². The minimum absolute atomic E-state index is 0.0180. The zero-order chi connectivity index (χ0) is 14.3. The Balaban J connectivity index is 2.28. The molecule has 1 heterocycles. The number of nitrogens with zero attached hydrogens (tertiary/aromatic N) is 1. The molecule has 0 spiro atoms. The van der Waals surface area contributed by atoms with Crippen LogP contribution in [-0.4, -0.2) is 53.7 Å². The Hall–Kier alpha value is -1.30. The predicted molar refractivity (Wildman–Crippen MR) is 73.1 cm³/mol. The third kappa shape index (κ3) is 5.92. The van der Waals surface area contributed by atoms with Crippen molar-refractivity contribution in [2.75, 3.05) is 19.6 Å². The zero-order valence-electron chi connectivity index (χ0n) is 11.8. The average Bonchev–Trinajstić information content (AvgIpc) is 2.36. The lowest BCUT2D eigenvalue weighted by Gasteiger charge is -2.29. The van der Waals surface area contributed by atoms with Gasteiger partial charge in [-0.05, 0) is 39.3 Å². The smallest absolute Gasteiger partial charge is 0.326 e. The van der Waals surface area contributed by atoms with Crippen LogP contribution in [0.4, 0.5) is 4.79 Å². The molecule has 19 heavy (non-hydrogen) atoms. The molecule has 0 saturated carbocycles. The third-order valence-corrected chi connectivity index (χ3v) is 3.37. The molecule has 0 radical (unpaired) electrons. The largest absolute Gasteiger partial charge is 0.480 e. The lowest BCUT2D eigenvalue weighted by molar-refractivity contribution is -0.139. The summed E-state index contributed by atoms with van der Waals surface area (Å²) in [5.74, 6) is -0.999. The molecule has 1 fully saturated rings. The molecule has 2 amide bonds. The number of amides is 2. The van der Waals surface area contributed by atoms with Crippen molar-refractivity contribution in [3.05, 3.63) is 0 Å². The van der Waals surface area contributed by atoms with E-state index in [9.17, 15) is 9.59 Å². The highest BCUT2D eigenvalue weighted by molar-refractivity contribution is 5.82. The summed E-state index contributed by atoms with van der Waals surface area (Å²) in [6, 6.07) is -1.20. The monoisotopic (exact) mass is 271 g/mol. The number of carbonyl (C=O) groups is 2. The molecule has 1 aliphatic rings. The molecule has 0 aromatic rings. The Bertz CT molecular complexity index is 304. The summed E-state index contributed by atoms with van der Waals surface area (Å²) in [4.78, 5) is 24.8. The van der Waals surface area contributed by atoms with Gasteiger partial charge in [-0.3, -0.25) is 0 Å². The van der Waals surface area contributed by atoms with E-state index in [0.717, 1.165) is 19.6 Å². The molecule has 1 saturated heterocycles. The van der Waals surface area contributed by atoms with Crippen LogP contribution in [0, 0.1) is 0 Å². The topological polar surface area (TPSA) is 81.7 Å². The van der Waals surface area contributed by atoms with Crippen molar-refractivity contribution >= 4 is 12.0 Å². The number of hydrogen-bond donors (Lipinski definition) is 3. The number of urea groups is 1. The number of hydrogen-bond acceptors (Lipinski definition) is 3. The standard InChI is InChI=1S/C13H25N3O3/c1-3-11(12(17)18)15-13(19)14-10(2)9-16-7-5-4-6-8-16/h10-11H,3-9H2,1-2H3,(H,17,18)(H2,14,15,19)/t10?,11-/m1/s1. The number of carboxylic acids is 1. The van der Waals surface area contributed by atoms with E-state index in [0.29, 0.717) is 6.42 Å². The van der Waals surface area contributed by atoms with Crippen LogP contribution < -0.4 is 10.6 Å². The fraction of sp³-hybridized carbons (Fsp3) is 0.846. The van der Waals surface area contributed by atoms with E-state index in [1.807, 2.05) is 6.92 Å². The molecular weight excluding hydrogens is 246 g/mol. The summed E-state index contributed by atoms with van der Waals surface area (Å²) in [6.45, 7) is 6.66. The van der Waals surface area contributed by atoms with Crippen molar-refractivity contribution in [3.63, 3.8) is 0 Å². The van der Waals surface area contributed by atoms with Gasteiger partial charge in [0, 0.05) is 12.6 Å². The van der Waals surface area contributed by atoms with Crippen LogP contribution in [0.3, 0.4) is 0 Å². The molecule has 1 unspecified atom stereocenters. The summed E-state index contributed by atoms with van der Waals surface area (Å²) in [5, 5.41) is 14.1. The van der Waals surface area contributed by atoms with E-state index in [4.69, 9.17) is 5.11 Å². The fourth-order valence-electron chi connectivity index (χ4n) is 2.34. The van der Waals surface area contributed by atoms with Crippen LogP contribution in [0.5, 0.6) is 0 Å². The molecule has 0 aromatic heterocycles. The first-order chi connectivity index (χ1) is 9.02. The third-order valence-electron chi connectivity index (χ3n) is 3.37. The number of nitrogens with one attached hydrogen (secondary N) is 2. The van der Waals surface area contributed by atoms with Crippen LogP contribution in [0.25, 0.3) is 0 Å². The van der Waals surface area contributed by atoms with Gasteiger partial charge >= 0.3 is 12.0 Å². The lowest BCUT2D eigenvalue weighted by Crippen LogP contribution is -2.51. The highest BCUT2D eigenvalue weighted by Crippen LogP contribution is 2.08. The minimum atomic E-state index is -0.999. The van der Waals surface area contributed by atoms with Crippen molar-refractivity contribution in [2.45, 2.75) is 51.6 Å². The maximum absolute atomic E-state index is 11.7. The lowest BCUT2D eigenvalue weighted by atomic mass is 10.1. The zero-order valence-corrected chi connectivity index (χ0v) is 11.8. The second-order valence-electron chi connectivity index (χ2n) is 5.18. The molecule has 1 rings (SSSR count). The maximum Gasteiger partial charge on any atom is 0.326 e. The van der Waals surface area contributed by atoms with E-state index < -0.39 is 18.0 Å². The highest BCUT2D eigenvalue weighted by Gasteiger charge is 2.19. The SMILES string of the molecule is CC[C@@H](NC(=O)NC(C)CN1CCCCC1)C(=O)O. The van der Waals surface area contributed by atoms with Crippen molar-refractivity contribution in [1.82, 2.24) is 15.5 Å². The Kier molecular flexibility index (Phi) is 6.62. The Morgan fingerprint density at radius 1 is 1.21 bits per heavy atom. The van der Waals surface area contributed by atoms with Crippen LogP contribution in [0.15, 0.2) is 0 Å². The molecule has 6 nitrogen and oxygen atoms in total. The normalized spacial score (nSPS) is 19.5. The summed E-state index contributed by atoms with van der Waals surface area (Å²) >= 11 is 0. The van der Waals surface area contributed by atoms with Crippen molar-refractivity contribution in [3.8, 4) is 0 Å². The van der Waals surface area contributed by atoms with Crippen molar-refractivity contribution < 1.29 is 14.7 Å². The van der Waals surface area contributed by atoms with Gasteiger partial charge in [0.15, 0.2) is 0 Å². The summed E-state index contributed by atoms with van der Waals surface area (Å²) in [6.07, 6.45) is 4.10. The van der Waals surface area contributed by atoms with Gasteiger partial charge < -0.3 is 20.6 Å². The van der Waals surface area contributed by atoms with E-state index in [1.54, 1.807) is 6.92 Å². The molecular formula is C13H25N3O3. The molecule has 2 atom stereocenters. The fourth-order valence-corrected chi connectivity index (χ4v) is 2.34. The molecule has 110 valence electrons. The predicted octanol–water partition coefficient (Wildman–Crippen LogP) is 1.02. The first-order valence-corrected chi connectivity index (χ1v) is 7.05. The second kappa shape index (κ2) is 7.99. The van der Waals surface area contributed by atoms with Crippen molar-refractivity contribution in [2.24, 2.45) is 0 Å². The summed E-state index contributed by atoms with van der Waals surface area (Å²) in [7, 11) is 0.